The summed E-state index contributed by atoms with van der Waals surface area (Å²) in [5.41, 5.74) is 1.14. The maximum absolute atomic E-state index is 12.3. The van der Waals surface area contributed by atoms with Gasteiger partial charge in [0.1, 0.15) is 17.0 Å². The molecule has 1 aromatic heterocycles. The van der Waals surface area contributed by atoms with Gasteiger partial charge in [-0.25, -0.2) is 9.97 Å². The van der Waals surface area contributed by atoms with Crippen LogP contribution in [0.15, 0.2) is 60.8 Å². The van der Waals surface area contributed by atoms with Gasteiger partial charge < -0.3 is 4.74 Å². The number of hydrogen-bond donors (Lipinski definition) is 0. The van der Waals surface area contributed by atoms with Crippen LogP contribution in [0.25, 0.3) is 0 Å². The van der Waals surface area contributed by atoms with Crippen LogP contribution in [-0.4, -0.2) is 15.8 Å². The highest BCUT2D eigenvalue weighted by Crippen LogP contribution is 2.23. The molecule has 2 aromatic carbocycles. The molecule has 0 amide bonds. The summed E-state index contributed by atoms with van der Waals surface area (Å²) in [6, 6.07) is 17.4. The van der Waals surface area contributed by atoms with Gasteiger partial charge in [0.25, 0.3) is 5.88 Å². The summed E-state index contributed by atoms with van der Waals surface area (Å²) in [6.07, 6.45) is 1.30. The van der Waals surface area contributed by atoms with E-state index in [0.29, 0.717) is 16.9 Å². The number of nitriles is 1. The Morgan fingerprint density at radius 3 is 2.38 bits per heavy atom. The van der Waals surface area contributed by atoms with Crippen molar-refractivity contribution in [1.82, 2.24) is 9.97 Å². The number of ether oxygens (including phenoxy) is 1. The number of nitrogens with zero attached hydrogens (tertiary/aromatic N) is 3. The number of benzene rings is 2. The van der Waals surface area contributed by atoms with Crippen molar-refractivity contribution in [2.45, 2.75) is 0 Å². The molecule has 0 N–H and O–H groups in total. The Kier molecular flexibility index (Phi) is 4.50. The van der Waals surface area contributed by atoms with E-state index in [0.717, 1.165) is 0 Å². The molecule has 0 aliphatic heterocycles. The van der Waals surface area contributed by atoms with E-state index in [1.807, 2.05) is 24.3 Å². The topological polar surface area (TPSA) is 75.9 Å². The van der Waals surface area contributed by atoms with Gasteiger partial charge in [-0.05, 0) is 24.3 Å². The predicted molar refractivity (Wildman–Crippen MR) is 88.1 cm³/mol. The van der Waals surface area contributed by atoms with Crippen LogP contribution in [0.1, 0.15) is 21.6 Å². The quantitative estimate of drug-likeness (QED) is 0.673. The molecule has 5 nitrogen and oxygen atoms in total. The summed E-state index contributed by atoms with van der Waals surface area (Å²) >= 11 is 5.69. The maximum Gasteiger partial charge on any atom is 0.256 e. The molecule has 0 saturated heterocycles. The van der Waals surface area contributed by atoms with Gasteiger partial charge in [0.05, 0.1) is 6.20 Å². The summed E-state index contributed by atoms with van der Waals surface area (Å²) in [5, 5.41) is 9.14. The molecule has 0 unspecified atom stereocenters. The normalized spacial score (nSPS) is 10.0. The van der Waals surface area contributed by atoms with E-state index in [1.54, 1.807) is 36.4 Å². The first-order valence-electron chi connectivity index (χ1n) is 6.97. The summed E-state index contributed by atoms with van der Waals surface area (Å²) in [4.78, 5) is 20.1. The number of carbonyl (C=O) groups excluding carboxylic acids is 1. The third-order valence-corrected chi connectivity index (χ3v) is 3.36. The lowest BCUT2D eigenvalue weighted by Crippen LogP contribution is -2.01. The van der Waals surface area contributed by atoms with E-state index in [4.69, 9.17) is 21.6 Å². The molecule has 0 bridgehead atoms. The van der Waals surface area contributed by atoms with Crippen LogP contribution in [0.2, 0.25) is 5.15 Å². The molecule has 116 valence electrons. The second kappa shape index (κ2) is 6.90. The minimum atomic E-state index is -0.0776. The minimum Gasteiger partial charge on any atom is -0.436 e. The molecule has 6 heteroatoms. The monoisotopic (exact) mass is 335 g/mol. The van der Waals surface area contributed by atoms with Crippen LogP contribution in [0.3, 0.4) is 0 Å². The summed E-state index contributed by atoms with van der Waals surface area (Å²) in [6.45, 7) is 0. The lowest BCUT2D eigenvalue weighted by Gasteiger charge is -2.07. The van der Waals surface area contributed by atoms with Crippen molar-refractivity contribution in [2.24, 2.45) is 0 Å². The standard InChI is InChI=1S/C18H10ClN3O2/c19-16-11-21-18(15(10-20)22-16)24-14-8-6-13(7-9-14)17(23)12-4-2-1-3-5-12/h1-9,11H. The van der Waals surface area contributed by atoms with E-state index in [2.05, 4.69) is 9.97 Å². The molecule has 0 aliphatic rings. The van der Waals surface area contributed by atoms with Gasteiger partial charge >= 0.3 is 0 Å². The second-order valence-corrected chi connectivity index (χ2v) is 5.17. The Balaban J connectivity index is 1.81. The van der Waals surface area contributed by atoms with Gasteiger partial charge in [-0.1, -0.05) is 41.9 Å². The number of hydrogen-bond acceptors (Lipinski definition) is 5. The molecule has 1 heterocycles. The summed E-state index contributed by atoms with van der Waals surface area (Å²) < 4.78 is 5.53. The molecule has 0 radical (unpaired) electrons. The first-order valence-corrected chi connectivity index (χ1v) is 7.35. The number of rotatable bonds is 4. The molecule has 0 fully saturated rings. The molecular formula is C18H10ClN3O2. The van der Waals surface area contributed by atoms with Gasteiger partial charge in [-0.15, -0.1) is 0 Å². The molecule has 24 heavy (non-hydrogen) atoms. The average molecular weight is 336 g/mol. The van der Waals surface area contributed by atoms with Gasteiger partial charge in [-0.3, -0.25) is 4.79 Å². The van der Waals surface area contributed by atoms with E-state index in [9.17, 15) is 4.79 Å². The van der Waals surface area contributed by atoms with E-state index in [1.165, 1.54) is 6.20 Å². The van der Waals surface area contributed by atoms with E-state index >= 15 is 0 Å². The van der Waals surface area contributed by atoms with E-state index < -0.39 is 0 Å². The smallest absolute Gasteiger partial charge is 0.256 e. The first-order chi connectivity index (χ1) is 11.7. The average Bonchev–Trinajstić information content (AvgIpc) is 2.64. The van der Waals surface area contributed by atoms with Gasteiger partial charge in [0.15, 0.2) is 5.78 Å². The number of ketones is 1. The van der Waals surface area contributed by atoms with Crippen LogP contribution in [0, 0.1) is 11.3 Å². The Labute approximate surface area is 143 Å². The highest BCUT2D eigenvalue weighted by atomic mass is 35.5. The number of carbonyl (C=O) groups is 1. The molecule has 0 aliphatic carbocycles. The number of aromatic nitrogens is 2. The van der Waals surface area contributed by atoms with Crippen LogP contribution in [0.4, 0.5) is 0 Å². The lowest BCUT2D eigenvalue weighted by molar-refractivity contribution is 0.103. The van der Waals surface area contributed by atoms with Crippen LogP contribution >= 0.6 is 11.6 Å². The largest absolute Gasteiger partial charge is 0.436 e. The van der Waals surface area contributed by atoms with Crippen LogP contribution < -0.4 is 4.74 Å². The number of halogens is 1. The van der Waals surface area contributed by atoms with Crippen LogP contribution in [-0.2, 0) is 0 Å². The fraction of sp³-hybridized carbons (Fsp3) is 0. The van der Waals surface area contributed by atoms with Crippen molar-refractivity contribution in [2.75, 3.05) is 0 Å². The Morgan fingerprint density at radius 2 is 1.71 bits per heavy atom. The highest BCUT2D eigenvalue weighted by Gasteiger charge is 2.11. The van der Waals surface area contributed by atoms with Gasteiger partial charge in [0.2, 0.25) is 5.69 Å². The Hall–Kier alpha value is -3.23. The summed E-state index contributed by atoms with van der Waals surface area (Å²) in [7, 11) is 0. The molecule has 0 saturated carbocycles. The maximum atomic E-state index is 12.3. The fourth-order valence-electron chi connectivity index (χ4n) is 2.05. The third kappa shape index (κ3) is 3.40. The Morgan fingerprint density at radius 1 is 1.04 bits per heavy atom. The van der Waals surface area contributed by atoms with Crippen molar-refractivity contribution >= 4 is 17.4 Å². The van der Waals surface area contributed by atoms with Crippen molar-refractivity contribution in [3.63, 3.8) is 0 Å². The Bertz CT molecular complexity index is 919. The second-order valence-electron chi connectivity index (χ2n) is 4.78. The van der Waals surface area contributed by atoms with Crippen molar-refractivity contribution in [3.05, 3.63) is 82.8 Å². The first kappa shape index (κ1) is 15.7. The summed E-state index contributed by atoms with van der Waals surface area (Å²) in [5.74, 6) is 0.419. The SMILES string of the molecule is N#Cc1nc(Cl)cnc1Oc1ccc(C(=O)c2ccccc2)cc1. The van der Waals surface area contributed by atoms with Crippen molar-refractivity contribution in [3.8, 4) is 17.7 Å². The molecular weight excluding hydrogens is 326 g/mol. The minimum absolute atomic E-state index is 0.00746. The zero-order valence-electron chi connectivity index (χ0n) is 12.3. The molecule has 3 rings (SSSR count). The van der Waals surface area contributed by atoms with Gasteiger partial charge in [-0.2, -0.15) is 5.26 Å². The van der Waals surface area contributed by atoms with Crippen molar-refractivity contribution in [1.29, 1.82) is 5.26 Å². The third-order valence-electron chi connectivity index (χ3n) is 3.18. The van der Waals surface area contributed by atoms with Gasteiger partial charge in [0, 0.05) is 11.1 Å². The molecule has 3 aromatic rings. The van der Waals surface area contributed by atoms with E-state index in [-0.39, 0.29) is 22.5 Å². The fourth-order valence-corrected chi connectivity index (χ4v) is 2.18. The van der Waals surface area contributed by atoms with Crippen molar-refractivity contribution < 1.29 is 9.53 Å². The molecule has 0 atom stereocenters. The lowest BCUT2D eigenvalue weighted by atomic mass is 10.0. The zero-order valence-corrected chi connectivity index (χ0v) is 13.1. The molecule has 0 spiro atoms. The predicted octanol–water partition coefficient (Wildman–Crippen LogP) is 4.02. The zero-order chi connectivity index (χ0) is 16.9. The highest BCUT2D eigenvalue weighted by molar-refractivity contribution is 6.29. The van der Waals surface area contributed by atoms with Crippen LogP contribution in [0.5, 0.6) is 11.6 Å².